The van der Waals surface area contributed by atoms with Gasteiger partial charge in [0, 0.05) is 12.8 Å². The quantitative estimate of drug-likeness (QED) is 0.319. The number of hydrogen-bond acceptors (Lipinski definition) is 8. The maximum atomic E-state index is 12.6. The van der Waals surface area contributed by atoms with Gasteiger partial charge in [0.2, 0.25) is 5.91 Å². The number of β-lactam (4-membered cyclic amide) rings is 1. The van der Waals surface area contributed by atoms with Crippen molar-refractivity contribution in [1.29, 1.82) is 0 Å². The number of amides is 1. The minimum Gasteiger partial charge on any atom is -0.539 e. The van der Waals surface area contributed by atoms with Crippen molar-refractivity contribution in [3.8, 4) is 0 Å². The summed E-state index contributed by atoms with van der Waals surface area (Å²) >= 11 is 0. The van der Waals surface area contributed by atoms with E-state index in [9.17, 15) is 27.0 Å². The highest BCUT2D eigenvalue weighted by atomic mass is 32.2. The summed E-state index contributed by atoms with van der Waals surface area (Å²) in [5.41, 5.74) is 0.265. The first-order valence-electron chi connectivity index (χ1n) is 8.42. The van der Waals surface area contributed by atoms with Crippen LogP contribution in [0.5, 0.6) is 0 Å². The number of carbonyl (C=O) groups is 3. The fraction of sp³-hybridized carbons (Fsp3) is 0.353. The standard InChI is InChI=1S/C17H16BNO8S2/c1-29(24,25)27-13-9-28(23)16-12(15(21)19(16)14(13)17(22)26-18)8-11(20)7-10-5-3-2-4-6-10/h2-6,12,16H,7-9H2,1H3/t12-,16-,28+/m1/s1. The number of nitrogens with zero attached hydrogens (tertiary/aromatic N) is 1. The molecular formula is C17H16BNO8S2. The highest BCUT2D eigenvalue weighted by Gasteiger charge is 2.57. The molecule has 2 aliphatic heterocycles. The molecule has 0 aliphatic carbocycles. The van der Waals surface area contributed by atoms with E-state index in [0.29, 0.717) is 0 Å². The van der Waals surface area contributed by atoms with Crippen LogP contribution in [0.1, 0.15) is 12.0 Å². The molecule has 0 bridgehead atoms. The van der Waals surface area contributed by atoms with E-state index in [-0.39, 0.29) is 18.6 Å². The van der Waals surface area contributed by atoms with Crippen molar-refractivity contribution < 1.29 is 35.8 Å². The fourth-order valence-electron chi connectivity index (χ4n) is 3.32. The van der Waals surface area contributed by atoms with Crippen molar-refractivity contribution in [2.45, 2.75) is 18.2 Å². The number of benzene rings is 1. The van der Waals surface area contributed by atoms with Gasteiger partial charge in [0.15, 0.2) is 11.5 Å². The van der Waals surface area contributed by atoms with Crippen molar-refractivity contribution in [2.24, 2.45) is 5.92 Å². The SMILES string of the molecule is [B]OC(=O)C1=C(OS(C)(=O)=O)C[S@](=O)[C@@H]2[C@H](CC(=O)Cc3ccccc3)C(=O)N12. The predicted molar refractivity (Wildman–Crippen MR) is 102 cm³/mol. The highest BCUT2D eigenvalue weighted by Crippen LogP contribution is 2.41. The second-order valence-electron chi connectivity index (χ2n) is 6.60. The normalized spacial score (nSPS) is 23.8. The second-order valence-corrected chi connectivity index (χ2v) is 9.71. The second kappa shape index (κ2) is 8.11. The lowest BCUT2D eigenvalue weighted by Crippen LogP contribution is -2.65. The largest absolute Gasteiger partial charge is 0.539 e. The molecule has 1 amide bonds. The molecule has 0 aromatic heterocycles. The van der Waals surface area contributed by atoms with Crippen molar-refractivity contribution in [1.82, 2.24) is 4.90 Å². The minimum atomic E-state index is -4.06. The Morgan fingerprint density at radius 3 is 2.52 bits per heavy atom. The maximum absolute atomic E-state index is 12.6. The van der Waals surface area contributed by atoms with Gasteiger partial charge in [-0.05, 0) is 5.56 Å². The van der Waals surface area contributed by atoms with Gasteiger partial charge < -0.3 is 8.84 Å². The van der Waals surface area contributed by atoms with Crippen LogP contribution in [0.15, 0.2) is 41.8 Å². The first kappa shape index (κ1) is 21.2. The Morgan fingerprint density at radius 1 is 1.28 bits per heavy atom. The summed E-state index contributed by atoms with van der Waals surface area (Å²) < 4.78 is 44.4. The van der Waals surface area contributed by atoms with Gasteiger partial charge >= 0.3 is 24.1 Å². The van der Waals surface area contributed by atoms with Crippen LogP contribution in [-0.2, 0) is 50.6 Å². The molecule has 1 aromatic carbocycles. The third-order valence-corrected chi connectivity index (χ3v) is 6.57. The van der Waals surface area contributed by atoms with Crippen LogP contribution < -0.4 is 0 Å². The van der Waals surface area contributed by atoms with Gasteiger partial charge in [-0.15, -0.1) is 0 Å². The van der Waals surface area contributed by atoms with E-state index >= 15 is 0 Å². The molecule has 2 aliphatic rings. The molecule has 1 aromatic rings. The lowest BCUT2D eigenvalue weighted by molar-refractivity contribution is -0.153. The third kappa shape index (κ3) is 4.43. The van der Waals surface area contributed by atoms with Crippen LogP contribution in [0, 0.1) is 5.92 Å². The van der Waals surface area contributed by atoms with Crippen LogP contribution >= 0.6 is 0 Å². The molecule has 1 fully saturated rings. The van der Waals surface area contributed by atoms with Crippen molar-refractivity contribution in [3.63, 3.8) is 0 Å². The summed E-state index contributed by atoms with van der Waals surface area (Å²) in [7, 11) is -0.960. The molecule has 1 saturated heterocycles. The lowest BCUT2D eigenvalue weighted by atomic mass is 9.89. The Labute approximate surface area is 171 Å². The van der Waals surface area contributed by atoms with Crippen molar-refractivity contribution in [2.75, 3.05) is 12.0 Å². The van der Waals surface area contributed by atoms with E-state index in [1.807, 2.05) is 6.07 Å². The number of fused-ring (bicyclic) bond motifs is 1. The van der Waals surface area contributed by atoms with Crippen LogP contribution in [-0.4, -0.2) is 60.6 Å². The van der Waals surface area contributed by atoms with Gasteiger partial charge in [-0.1, -0.05) is 30.3 Å². The van der Waals surface area contributed by atoms with Crippen LogP contribution in [0.2, 0.25) is 0 Å². The zero-order valence-electron chi connectivity index (χ0n) is 15.3. The van der Waals surface area contributed by atoms with E-state index in [1.54, 1.807) is 24.3 Å². The first-order valence-corrected chi connectivity index (χ1v) is 11.6. The number of ketones is 1. The van der Waals surface area contributed by atoms with Gasteiger partial charge in [0.25, 0.3) is 0 Å². The van der Waals surface area contributed by atoms with Crippen LogP contribution in [0.3, 0.4) is 0 Å². The molecule has 0 spiro atoms. The summed E-state index contributed by atoms with van der Waals surface area (Å²) in [4.78, 5) is 37.9. The molecule has 0 N–H and O–H groups in total. The maximum Gasteiger partial charge on any atom is 0.378 e. The van der Waals surface area contributed by atoms with Crippen molar-refractivity contribution >= 4 is 46.6 Å². The monoisotopic (exact) mass is 437 g/mol. The molecule has 2 heterocycles. The van der Waals surface area contributed by atoms with Gasteiger partial charge in [-0.2, -0.15) is 8.42 Å². The molecule has 9 nitrogen and oxygen atoms in total. The number of carbonyl (C=O) groups excluding carboxylic acids is 3. The van der Waals surface area contributed by atoms with Crippen molar-refractivity contribution in [3.05, 3.63) is 47.4 Å². The average Bonchev–Trinajstić information content (AvgIpc) is 2.65. The van der Waals surface area contributed by atoms with E-state index in [4.69, 9.17) is 12.2 Å². The lowest BCUT2D eigenvalue weighted by Gasteiger charge is -2.48. The molecule has 12 heteroatoms. The van der Waals surface area contributed by atoms with Gasteiger partial charge in [0.1, 0.15) is 11.2 Å². The molecule has 3 atom stereocenters. The molecule has 29 heavy (non-hydrogen) atoms. The van der Waals surface area contributed by atoms with Gasteiger partial charge in [-0.25, -0.2) is 4.79 Å². The zero-order valence-corrected chi connectivity index (χ0v) is 16.9. The zero-order chi connectivity index (χ0) is 21.3. The van der Waals surface area contributed by atoms with E-state index in [1.165, 1.54) is 0 Å². The van der Waals surface area contributed by atoms with Gasteiger partial charge in [0.05, 0.1) is 28.7 Å². The number of rotatable bonds is 7. The van der Waals surface area contributed by atoms with Gasteiger partial charge in [-0.3, -0.25) is 18.7 Å². The molecule has 3 rings (SSSR count). The fourth-order valence-corrected chi connectivity index (χ4v) is 5.55. The number of hydrogen-bond donors (Lipinski definition) is 0. The summed E-state index contributed by atoms with van der Waals surface area (Å²) in [6, 6.07) is 8.94. The molecular weight excluding hydrogens is 421 g/mol. The molecule has 0 saturated carbocycles. The Hall–Kier alpha value is -2.47. The Bertz CT molecular complexity index is 1020. The average molecular weight is 437 g/mol. The Morgan fingerprint density at radius 2 is 1.93 bits per heavy atom. The predicted octanol–water partition coefficient (Wildman–Crippen LogP) is -0.450. The number of Topliss-reactive ketones (excluding diaryl/α,β-unsaturated/α-hetero) is 1. The summed E-state index contributed by atoms with van der Waals surface area (Å²) in [6.07, 6.45) is 0.692. The Balaban J connectivity index is 1.83. The topological polar surface area (TPSA) is 124 Å². The van der Waals surface area contributed by atoms with Crippen LogP contribution in [0.4, 0.5) is 0 Å². The van der Waals surface area contributed by atoms with E-state index in [2.05, 4.69) is 4.65 Å². The van der Waals surface area contributed by atoms with Crippen LogP contribution in [0.25, 0.3) is 0 Å². The molecule has 2 radical (unpaired) electrons. The third-order valence-electron chi connectivity index (χ3n) is 4.45. The summed E-state index contributed by atoms with van der Waals surface area (Å²) in [6.45, 7) is 0. The molecule has 152 valence electrons. The minimum absolute atomic E-state index is 0.111. The molecule has 0 unspecified atom stereocenters. The van der Waals surface area contributed by atoms with E-state index in [0.717, 1.165) is 16.7 Å². The summed E-state index contributed by atoms with van der Waals surface area (Å²) in [5.74, 6) is -3.90. The van der Waals surface area contributed by atoms with E-state index < -0.39 is 61.3 Å². The summed E-state index contributed by atoms with van der Waals surface area (Å²) in [5, 5.41) is -0.969. The Kier molecular flexibility index (Phi) is 5.94. The first-order chi connectivity index (χ1) is 13.6. The highest BCUT2D eigenvalue weighted by molar-refractivity contribution is 7.87. The smallest absolute Gasteiger partial charge is 0.378 e.